The van der Waals surface area contributed by atoms with Crippen LogP contribution in [-0.2, 0) is 4.79 Å². The van der Waals surface area contributed by atoms with Crippen LogP contribution < -0.4 is 10.1 Å². The molecular weight excluding hydrogens is 304 g/mol. The van der Waals surface area contributed by atoms with E-state index in [1.54, 1.807) is 24.3 Å². The van der Waals surface area contributed by atoms with Gasteiger partial charge in [0.15, 0.2) is 12.4 Å². The monoisotopic (exact) mass is 332 g/mol. The Labute approximate surface area is 144 Å². The summed E-state index contributed by atoms with van der Waals surface area (Å²) in [6.45, 7) is 6.44. The van der Waals surface area contributed by atoms with Gasteiger partial charge in [0.05, 0.1) is 0 Å². The zero-order chi connectivity index (χ0) is 17.4. The normalized spacial score (nSPS) is 18.2. The van der Waals surface area contributed by atoms with Crippen LogP contribution in [0.1, 0.15) is 49.9 Å². The van der Waals surface area contributed by atoms with Crippen molar-refractivity contribution in [1.82, 2.24) is 10.2 Å². The lowest BCUT2D eigenvalue weighted by atomic mass is 10.0. The molecule has 5 heteroatoms. The van der Waals surface area contributed by atoms with Crippen molar-refractivity contribution in [2.75, 3.05) is 26.2 Å². The Morgan fingerprint density at radius 3 is 2.67 bits per heavy atom. The van der Waals surface area contributed by atoms with E-state index in [0.29, 0.717) is 23.9 Å². The number of ketones is 1. The average molecular weight is 332 g/mol. The summed E-state index contributed by atoms with van der Waals surface area (Å²) in [6.07, 6.45) is 5.01. The van der Waals surface area contributed by atoms with E-state index in [-0.39, 0.29) is 18.3 Å². The predicted molar refractivity (Wildman–Crippen MR) is 94.5 cm³/mol. The molecule has 0 aliphatic carbocycles. The number of benzene rings is 1. The molecule has 0 spiro atoms. The number of rotatable bonds is 8. The van der Waals surface area contributed by atoms with E-state index in [2.05, 4.69) is 17.1 Å². The number of nitrogens with one attached hydrogen (secondary N) is 1. The molecule has 1 N–H and O–H groups in total. The molecule has 1 heterocycles. The van der Waals surface area contributed by atoms with Gasteiger partial charge in [-0.3, -0.25) is 14.5 Å². The summed E-state index contributed by atoms with van der Waals surface area (Å²) in [7, 11) is 0. The van der Waals surface area contributed by atoms with E-state index in [1.165, 1.54) is 32.6 Å². The highest BCUT2D eigenvalue weighted by Gasteiger charge is 2.20. The summed E-state index contributed by atoms with van der Waals surface area (Å²) >= 11 is 0. The van der Waals surface area contributed by atoms with Gasteiger partial charge in [0.25, 0.3) is 5.91 Å². The van der Waals surface area contributed by atoms with E-state index in [4.69, 9.17) is 4.74 Å². The number of piperidine rings is 1. The number of carbonyl (C=O) groups is 2. The first-order valence-electron chi connectivity index (χ1n) is 8.84. The van der Waals surface area contributed by atoms with Crippen LogP contribution in [0.4, 0.5) is 0 Å². The van der Waals surface area contributed by atoms with Gasteiger partial charge in [-0.05, 0) is 57.0 Å². The van der Waals surface area contributed by atoms with Crippen LogP contribution in [0.5, 0.6) is 5.75 Å². The van der Waals surface area contributed by atoms with Gasteiger partial charge in [0.1, 0.15) is 5.75 Å². The van der Waals surface area contributed by atoms with Gasteiger partial charge in [-0.2, -0.15) is 0 Å². The minimum Gasteiger partial charge on any atom is -0.484 e. The molecule has 0 bridgehead atoms. The molecule has 24 heavy (non-hydrogen) atoms. The van der Waals surface area contributed by atoms with Crippen molar-refractivity contribution in [1.29, 1.82) is 0 Å². The van der Waals surface area contributed by atoms with Gasteiger partial charge in [0.2, 0.25) is 0 Å². The fourth-order valence-corrected chi connectivity index (χ4v) is 3.14. The molecule has 1 aromatic carbocycles. The SMILES string of the molecule is CCC1CCCCN1CCNC(=O)COc1ccc(C(C)=O)cc1. The first kappa shape index (κ1) is 18.5. The molecule has 0 aromatic heterocycles. The van der Waals surface area contributed by atoms with Crippen LogP contribution in [0.25, 0.3) is 0 Å². The van der Waals surface area contributed by atoms with Gasteiger partial charge >= 0.3 is 0 Å². The van der Waals surface area contributed by atoms with Crippen molar-refractivity contribution in [2.45, 2.75) is 45.6 Å². The second-order valence-electron chi connectivity index (χ2n) is 6.31. The minimum absolute atomic E-state index is 0.00335. The summed E-state index contributed by atoms with van der Waals surface area (Å²) in [5.74, 6) is 0.496. The van der Waals surface area contributed by atoms with Crippen molar-refractivity contribution in [3.05, 3.63) is 29.8 Å². The van der Waals surface area contributed by atoms with Crippen LogP contribution in [0.15, 0.2) is 24.3 Å². The minimum atomic E-state index is -0.115. The van der Waals surface area contributed by atoms with E-state index >= 15 is 0 Å². The lowest BCUT2D eigenvalue weighted by Crippen LogP contribution is -2.44. The predicted octanol–water partition coefficient (Wildman–Crippen LogP) is 2.65. The first-order valence-corrected chi connectivity index (χ1v) is 8.84. The smallest absolute Gasteiger partial charge is 0.257 e. The summed E-state index contributed by atoms with van der Waals surface area (Å²) in [6, 6.07) is 7.49. The number of amides is 1. The molecule has 2 rings (SSSR count). The zero-order valence-electron chi connectivity index (χ0n) is 14.7. The molecule has 1 atom stereocenters. The third kappa shape index (κ3) is 5.64. The molecule has 0 radical (unpaired) electrons. The molecule has 5 nitrogen and oxygen atoms in total. The maximum atomic E-state index is 11.9. The van der Waals surface area contributed by atoms with Crippen LogP contribution in [0.3, 0.4) is 0 Å². The second kappa shape index (κ2) is 9.42. The molecule has 1 amide bonds. The number of hydrogen-bond donors (Lipinski definition) is 1. The fraction of sp³-hybridized carbons (Fsp3) is 0.579. The maximum Gasteiger partial charge on any atom is 0.257 e. The van der Waals surface area contributed by atoms with Crippen LogP contribution >= 0.6 is 0 Å². The van der Waals surface area contributed by atoms with E-state index in [9.17, 15) is 9.59 Å². The number of hydrogen-bond acceptors (Lipinski definition) is 4. The Morgan fingerprint density at radius 1 is 1.25 bits per heavy atom. The van der Waals surface area contributed by atoms with Crippen LogP contribution in [-0.4, -0.2) is 48.9 Å². The van der Waals surface area contributed by atoms with Gasteiger partial charge in [-0.1, -0.05) is 13.3 Å². The third-order valence-corrected chi connectivity index (χ3v) is 4.57. The second-order valence-corrected chi connectivity index (χ2v) is 6.31. The molecule has 1 unspecified atom stereocenters. The number of nitrogens with zero attached hydrogens (tertiary/aromatic N) is 1. The molecule has 132 valence electrons. The molecule has 1 saturated heterocycles. The molecule has 0 saturated carbocycles. The van der Waals surface area contributed by atoms with Crippen molar-refractivity contribution in [3.63, 3.8) is 0 Å². The fourth-order valence-electron chi connectivity index (χ4n) is 3.14. The number of likely N-dealkylation sites (tertiary alicyclic amines) is 1. The average Bonchev–Trinajstić information content (AvgIpc) is 2.60. The summed E-state index contributed by atoms with van der Waals surface area (Å²) in [4.78, 5) is 25.6. The zero-order valence-corrected chi connectivity index (χ0v) is 14.7. The van der Waals surface area contributed by atoms with Crippen LogP contribution in [0, 0.1) is 0 Å². The molecule has 1 aromatic rings. The Kier molecular flexibility index (Phi) is 7.25. The van der Waals surface area contributed by atoms with Crippen molar-refractivity contribution in [2.24, 2.45) is 0 Å². The Balaban J connectivity index is 1.67. The number of ether oxygens (including phenoxy) is 1. The highest BCUT2D eigenvalue weighted by atomic mass is 16.5. The number of carbonyl (C=O) groups excluding carboxylic acids is 2. The van der Waals surface area contributed by atoms with Crippen LogP contribution in [0.2, 0.25) is 0 Å². The third-order valence-electron chi connectivity index (χ3n) is 4.57. The van der Waals surface area contributed by atoms with Crippen molar-refractivity contribution in [3.8, 4) is 5.75 Å². The van der Waals surface area contributed by atoms with Gasteiger partial charge in [-0.15, -0.1) is 0 Å². The summed E-state index contributed by atoms with van der Waals surface area (Å²) in [5, 5.41) is 2.91. The van der Waals surface area contributed by atoms with Crippen molar-refractivity contribution < 1.29 is 14.3 Å². The number of Topliss-reactive ketones (excluding diaryl/α,β-unsaturated/α-hetero) is 1. The first-order chi connectivity index (χ1) is 11.6. The molecule has 1 aliphatic heterocycles. The Bertz CT molecular complexity index is 542. The Morgan fingerprint density at radius 2 is 2.00 bits per heavy atom. The highest BCUT2D eigenvalue weighted by Crippen LogP contribution is 2.18. The van der Waals surface area contributed by atoms with E-state index < -0.39 is 0 Å². The quantitative estimate of drug-likeness (QED) is 0.744. The van der Waals surface area contributed by atoms with E-state index in [1.807, 2.05) is 0 Å². The largest absolute Gasteiger partial charge is 0.484 e. The summed E-state index contributed by atoms with van der Waals surface area (Å²) < 4.78 is 5.45. The lowest BCUT2D eigenvalue weighted by Gasteiger charge is -2.35. The van der Waals surface area contributed by atoms with Gasteiger partial charge in [-0.25, -0.2) is 0 Å². The standard InChI is InChI=1S/C19H28N2O3/c1-3-17-6-4-5-12-21(17)13-11-20-19(23)14-24-18-9-7-16(8-10-18)15(2)22/h7-10,17H,3-6,11-14H2,1-2H3,(H,20,23). The van der Waals surface area contributed by atoms with Crippen molar-refractivity contribution >= 4 is 11.7 Å². The topological polar surface area (TPSA) is 58.6 Å². The maximum absolute atomic E-state index is 11.9. The highest BCUT2D eigenvalue weighted by molar-refractivity contribution is 5.94. The molecular formula is C19H28N2O3. The Hall–Kier alpha value is -1.88. The van der Waals surface area contributed by atoms with Gasteiger partial charge < -0.3 is 10.1 Å². The van der Waals surface area contributed by atoms with Gasteiger partial charge in [0, 0.05) is 24.7 Å². The molecule has 1 aliphatic rings. The summed E-state index contributed by atoms with van der Waals surface area (Å²) in [5.41, 5.74) is 0.638. The van der Waals surface area contributed by atoms with E-state index in [0.717, 1.165) is 13.1 Å². The lowest BCUT2D eigenvalue weighted by molar-refractivity contribution is -0.123. The molecule has 1 fully saturated rings.